The Kier molecular flexibility index (Phi) is 7.92. The Hall–Kier alpha value is -4.55. The molecule has 2 aromatic heterocycles. The van der Waals surface area contributed by atoms with E-state index in [0.717, 1.165) is 17.7 Å². The number of ether oxygens (including phenoxy) is 1. The average molecular weight is 487 g/mol. The highest BCUT2D eigenvalue weighted by Crippen LogP contribution is 2.09. The fraction of sp³-hybridized carbons (Fsp3) is 0.227. The smallest absolute Gasteiger partial charge is 0.426 e. The largest absolute Gasteiger partial charge is 0.443 e. The first-order valence-electron chi connectivity index (χ1n) is 10.3. The third kappa shape index (κ3) is 6.96. The van der Waals surface area contributed by atoms with Gasteiger partial charge in [0.2, 0.25) is 11.7 Å². The molecule has 35 heavy (non-hydrogen) atoms. The van der Waals surface area contributed by atoms with E-state index in [1.807, 2.05) is 0 Å². The van der Waals surface area contributed by atoms with Crippen LogP contribution in [0.15, 0.2) is 41.3 Å². The molecule has 2 heterocycles. The zero-order valence-corrected chi connectivity index (χ0v) is 18.9. The highest BCUT2D eigenvalue weighted by Gasteiger charge is 2.13. The first-order valence-corrected chi connectivity index (χ1v) is 10.3. The number of benzene rings is 1. The van der Waals surface area contributed by atoms with Gasteiger partial charge in [0.25, 0.3) is 5.56 Å². The predicted molar refractivity (Wildman–Crippen MR) is 122 cm³/mol. The second-order valence-corrected chi connectivity index (χ2v) is 7.50. The summed E-state index contributed by atoms with van der Waals surface area (Å²) >= 11 is 0. The predicted octanol–water partition coefficient (Wildman–Crippen LogP) is 1.69. The van der Waals surface area contributed by atoms with Crippen LogP contribution in [0.2, 0.25) is 0 Å². The van der Waals surface area contributed by atoms with Crippen molar-refractivity contribution in [3.8, 4) is 0 Å². The molecule has 0 aliphatic heterocycles. The third-order valence-corrected chi connectivity index (χ3v) is 4.82. The van der Waals surface area contributed by atoms with Crippen molar-refractivity contribution in [2.45, 2.75) is 33.5 Å². The summed E-state index contributed by atoms with van der Waals surface area (Å²) in [6.45, 7) is 2.86. The lowest BCUT2D eigenvalue weighted by atomic mass is 10.2. The highest BCUT2D eigenvalue weighted by atomic mass is 19.1. The van der Waals surface area contributed by atoms with E-state index in [1.54, 1.807) is 26.0 Å². The molecule has 0 radical (unpaired) electrons. The van der Waals surface area contributed by atoms with Crippen LogP contribution in [0.3, 0.4) is 0 Å². The van der Waals surface area contributed by atoms with Gasteiger partial charge in [-0.25, -0.2) is 29.0 Å². The maximum Gasteiger partial charge on any atom is 0.426 e. The number of aryl methyl sites for hydroxylation is 2. The van der Waals surface area contributed by atoms with Crippen LogP contribution in [0.25, 0.3) is 0 Å². The van der Waals surface area contributed by atoms with Gasteiger partial charge in [0.1, 0.15) is 30.6 Å². The Labute approximate surface area is 198 Å². The van der Waals surface area contributed by atoms with Gasteiger partial charge in [-0.1, -0.05) is 6.07 Å². The molecule has 13 heteroatoms. The lowest BCUT2D eigenvalue weighted by Gasteiger charge is -2.13. The summed E-state index contributed by atoms with van der Waals surface area (Å²) in [6.07, 6.45) is 0.321. The minimum absolute atomic E-state index is 0.101. The number of hydrazine groups is 1. The Morgan fingerprint density at radius 1 is 1.14 bits per heavy atom. The molecule has 0 bridgehead atoms. The summed E-state index contributed by atoms with van der Waals surface area (Å²) in [4.78, 5) is 45.0. The molecule has 11 nitrogen and oxygen atoms in total. The van der Waals surface area contributed by atoms with Gasteiger partial charge in [0.05, 0.1) is 0 Å². The van der Waals surface area contributed by atoms with Crippen LogP contribution in [0.1, 0.15) is 22.5 Å². The van der Waals surface area contributed by atoms with Gasteiger partial charge in [-0.3, -0.25) is 19.6 Å². The molecule has 3 aromatic rings. The number of nitrogens with one attached hydrogen (secondary N) is 3. The summed E-state index contributed by atoms with van der Waals surface area (Å²) < 4.78 is 32.4. The molecule has 0 unspecified atom stereocenters. The molecule has 184 valence electrons. The normalized spacial score (nSPS) is 10.5. The van der Waals surface area contributed by atoms with E-state index in [-0.39, 0.29) is 24.5 Å². The molecule has 0 fully saturated rings. The lowest BCUT2D eigenvalue weighted by Crippen LogP contribution is -2.38. The number of nitrogen functional groups attached to an aromatic ring is 1. The van der Waals surface area contributed by atoms with Crippen LogP contribution in [0.5, 0.6) is 0 Å². The maximum absolute atomic E-state index is 13.2. The van der Waals surface area contributed by atoms with Gasteiger partial charge < -0.3 is 15.8 Å². The number of anilines is 2. The van der Waals surface area contributed by atoms with E-state index in [1.165, 1.54) is 10.8 Å². The highest BCUT2D eigenvalue weighted by molar-refractivity contribution is 5.76. The number of carbonyl (C=O) groups is 2. The molecule has 0 atom stereocenters. The van der Waals surface area contributed by atoms with Crippen molar-refractivity contribution in [1.82, 2.24) is 25.3 Å². The maximum atomic E-state index is 13.2. The minimum Gasteiger partial charge on any atom is -0.443 e. The second kappa shape index (κ2) is 11.0. The van der Waals surface area contributed by atoms with Crippen molar-refractivity contribution < 1.29 is 23.1 Å². The second-order valence-electron chi connectivity index (χ2n) is 7.50. The van der Waals surface area contributed by atoms with Gasteiger partial charge in [0, 0.05) is 30.2 Å². The van der Waals surface area contributed by atoms with Crippen LogP contribution in [-0.4, -0.2) is 26.5 Å². The van der Waals surface area contributed by atoms with E-state index in [4.69, 9.17) is 10.5 Å². The number of nitrogens with two attached hydrogens (primary N) is 1. The summed E-state index contributed by atoms with van der Waals surface area (Å²) in [7, 11) is 0. The summed E-state index contributed by atoms with van der Waals surface area (Å²) in [5, 5.41) is 2.71. The molecule has 5 N–H and O–H groups in total. The Bertz CT molecular complexity index is 1290. The first kappa shape index (κ1) is 25.1. The fourth-order valence-corrected chi connectivity index (χ4v) is 3.03. The number of pyridine rings is 1. The van der Waals surface area contributed by atoms with Crippen molar-refractivity contribution in [3.63, 3.8) is 0 Å². The van der Waals surface area contributed by atoms with Crippen molar-refractivity contribution >= 4 is 23.6 Å². The van der Waals surface area contributed by atoms with E-state index in [0.29, 0.717) is 23.3 Å². The summed E-state index contributed by atoms with van der Waals surface area (Å²) in [6, 6.07) is 6.09. The van der Waals surface area contributed by atoms with Crippen LogP contribution < -0.4 is 27.5 Å². The first-order chi connectivity index (χ1) is 16.6. The molecule has 3 rings (SSSR count). The average Bonchev–Trinajstić information content (AvgIpc) is 2.78. The summed E-state index contributed by atoms with van der Waals surface area (Å²) in [5.74, 6) is -1.95. The van der Waals surface area contributed by atoms with Gasteiger partial charge >= 0.3 is 6.09 Å². The number of amides is 2. The molecule has 0 aliphatic carbocycles. The topological polar surface area (TPSA) is 153 Å². The van der Waals surface area contributed by atoms with E-state index >= 15 is 0 Å². The van der Waals surface area contributed by atoms with Crippen LogP contribution in [0, 0.1) is 25.5 Å². The van der Waals surface area contributed by atoms with Gasteiger partial charge in [-0.2, -0.15) is 0 Å². The van der Waals surface area contributed by atoms with Crippen molar-refractivity contribution in [1.29, 1.82) is 0 Å². The Morgan fingerprint density at radius 2 is 1.86 bits per heavy atom. The zero-order valence-electron chi connectivity index (χ0n) is 18.9. The van der Waals surface area contributed by atoms with Crippen molar-refractivity contribution in [2.75, 3.05) is 11.2 Å². The molecular formula is C22H23F2N7O4. The summed E-state index contributed by atoms with van der Waals surface area (Å²) in [5.41, 5.74) is 11.3. The number of nitrogens with zero attached hydrogens (tertiary/aromatic N) is 3. The Morgan fingerprint density at radius 3 is 2.54 bits per heavy atom. The van der Waals surface area contributed by atoms with Crippen LogP contribution >= 0.6 is 0 Å². The lowest BCUT2D eigenvalue weighted by molar-refractivity contribution is -0.121. The van der Waals surface area contributed by atoms with Gasteiger partial charge in [0.15, 0.2) is 0 Å². The van der Waals surface area contributed by atoms with Gasteiger partial charge in [-0.05, 0) is 43.2 Å². The number of halogens is 2. The van der Waals surface area contributed by atoms with Crippen molar-refractivity contribution in [2.24, 2.45) is 0 Å². The molecule has 0 saturated carbocycles. The number of rotatable bonds is 8. The van der Waals surface area contributed by atoms with Crippen LogP contribution in [0.4, 0.5) is 25.2 Å². The number of carbonyl (C=O) groups excluding carboxylic acids is 2. The quantitative estimate of drug-likeness (QED) is 0.350. The third-order valence-electron chi connectivity index (χ3n) is 4.82. The Balaban J connectivity index is 1.56. The SMILES string of the molecule is Cc1nc(N)ccc1CNC(=O)Cn1c(C)cnc(NNC(=O)OCc2cc(F)cc(F)c2)c1=O. The standard InChI is InChI=1S/C22H23F2N7O4/c1-12-8-27-20(29-30-22(34)35-11-14-5-16(23)7-17(24)6-14)21(33)31(12)10-19(32)26-9-15-3-4-18(25)28-13(15)2/h3-8H,9-11H2,1-2H3,(H2,25,28)(H,26,32)(H,27,29)(H,30,34). The fourth-order valence-electron chi connectivity index (χ4n) is 3.03. The van der Waals surface area contributed by atoms with E-state index < -0.39 is 35.8 Å². The minimum atomic E-state index is -1.02. The van der Waals surface area contributed by atoms with Crippen LogP contribution in [-0.2, 0) is 29.2 Å². The van der Waals surface area contributed by atoms with E-state index in [9.17, 15) is 23.2 Å². The molecule has 0 saturated heterocycles. The van der Waals surface area contributed by atoms with Gasteiger partial charge in [-0.15, -0.1) is 0 Å². The zero-order chi connectivity index (χ0) is 25.5. The monoisotopic (exact) mass is 487 g/mol. The van der Waals surface area contributed by atoms with Crippen molar-refractivity contribution in [3.05, 3.63) is 81.0 Å². The number of aromatic nitrogens is 3. The molecule has 1 aromatic carbocycles. The molecule has 0 spiro atoms. The number of hydrogen-bond acceptors (Lipinski definition) is 8. The molecular weight excluding hydrogens is 464 g/mol. The molecule has 0 aliphatic rings. The molecule has 2 amide bonds. The number of hydrogen-bond donors (Lipinski definition) is 4. The van der Waals surface area contributed by atoms with E-state index in [2.05, 4.69) is 26.1 Å².